The van der Waals surface area contributed by atoms with Crippen molar-refractivity contribution in [2.45, 2.75) is 39.0 Å². The summed E-state index contributed by atoms with van der Waals surface area (Å²) in [5.41, 5.74) is 3.12. The molecular formula is C19H21Cl2N3O2. The van der Waals surface area contributed by atoms with Crippen molar-refractivity contribution in [2.75, 3.05) is 6.61 Å². The number of benzene rings is 2. The molecule has 0 spiro atoms. The molecule has 5 nitrogen and oxygen atoms in total. The topological polar surface area (TPSA) is 71.2 Å². The van der Waals surface area contributed by atoms with E-state index in [1.165, 1.54) is 4.80 Å². The van der Waals surface area contributed by atoms with E-state index < -0.39 is 0 Å². The van der Waals surface area contributed by atoms with Gasteiger partial charge in [0.2, 0.25) is 0 Å². The Kier molecular flexibility index (Phi) is 5.15. The molecule has 2 N–H and O–H groups in total. The summed E-state index contributed by atoms with van der Waals surface area (Å²) in [7, 11) is 0. The van der Waals surface area contributed by atoms with Crippen LogP contribution < -0.4 is 0 Å². The number of halogens is 2. The number of phenols is 1. The smallest absolute Gasteiger partial charge is 0.146 e. The summed E-state index contributed by atoms with van der Waals surface area (Å²) in [6.45, 7) is 6.24. The highest BCUT2D eigenvalue weighted by atomic mass is 35.5. The predicted molar refractivity (Wildman–Crippen MR) is 105 cm³/mol. The minimum atomic E-state index is -0.233. The Morgan fingerprint density at radius 2 is 1.62 bits per heavy atom. The molecule has 0 unspecified atom stereocenters. The van der Waals surface area contributed by atoms with Gasteiger partial charge in [0.05, 0.1) is 10.0 Å². The van der Waals surface area contributed by atoms with Gasteiger partial charge in [0, 0.05) is 12.2 Å². The highest BCUT2D eigenvalue weighted by Gasteiger charge is 2.25. The molecule has 2 aromatic carbocycles. The lowest BCUT2D eigenvalue weighted by Crippen LogP contribution is -2.17. The van der Waals surface area contributed by atoms with Crippen LogP contribution in [0, 0.1) is 0 Å². The molecule has 0 bridgehead atoms. The lowest BCUT2D eigenvalue weighted by Gasteiger charge is -2.26. The van der Waals surface area contributed by atoms with Crippen molar-refractivity contribution in [1.82, 2.24) is 15.0 Å². The molecule has 1 aromatic heterocycles. The number of aliphatic hydroxyl groups is 1. The Hall–Kier alpha value is -1.82. The van der Waals surface area contributed by atoms with Crippen LogP contribution in [-0.4, -0.2) is 31.8 Å². The van der Waals surface area contributed by atoms with Crippen molar-refractivity contribution in [2.24, 2.45) is 0 Å². The van der Waals surface area contributed by atoms with Crippen molar-refractivity contribution in [3.05, 3.63) is 45.4 Å². The largest absolute Gasteiger partial charge is 0.505 e. The van der Waals surface area contributed by atoms with Gasteiger partial charge < -0.3 is 10.2 Å². The number of hydrogen-bond acceptors (Lipinski definition) is 4. The van der Waals surface area contributed by atoms with Gasteiger partial charge >= 0.3 is 0 Å². The van der Waals surface area contributed by atoms with Gasteiger partial charge in [-0.25, -0.2) is 0 Å². The Balaban J connectivity index is 2.23. The van der Waals surface area contributed by atoms with Crippen molar-refractivity contribution in [1.29, 1.82) is 0 Å². The van der Waals surface area contributed by atoms with Crippen LogP contribution in [0.1, 0.15) is 38.3 Å². The number of nitrogens with zero attached hydrogens (tertiary/aromatic N) is 3. The zero-order valence-corrected chi connectivity index (χ0v) is 16.4. The quantitative estimate of drug-likeness (QED) is 0.661. The molecule has 0 amide bonds. The van der Waals surface area contributed by atoms with Gasteiger partial charge in [0.25, 0.3) is 0 Å². The van der Waals surface area contributed by atoms with Crippen LogP contribution in [0.2, 0.25) is 10.0 Å². The first kappa shape index (κ1) is 19.0. The van der Waals surface area contributed by atoms with E-state index in [2.05, 4.69) is 31.0 Å². The van der Waals surface area contributed by atoms with E-state index in [1.807, 2.05) is 6.07 Å². The summed E-state index contributed by atoms with van der Waals surface area (Å²) in [5.74, 6) is 0.135. The third-order valence-corrected chi connectivity index (χ3v) is 5.52. The number of phenolic OH excluding ortho intramolecular Hbond substituents is 1. The molecule has 0 saturated carbocycles. The van der Waals surface area contributed by atoms with Crippen LogP contribution in [0.3, 0.4) is 0 Å². The fourth-order valence-electron chi connectivity index (χ4n) is 2.83. The molecule has 7 heteroatoms. The van der Waals surface area contributed by atoms with Crippen molar-refractivity contribution in [3.63, 3.8) is 0 Å². The molecule has 26 heavy (non-hydrogen) atoms. The maximum Gasteiger partial charge on any atom is 0.146 e. The first-order valence-corrected chi connectivity index (χ1v) is 9.22. The molecule has 0 aliphatic rings. The minimum Gasteiger partial charge on any atom is -0.505 e. The summed E-state index contributed by atoms with van der Waals surface area (Å²) in [6, 6.07) is 7.03. The maximum absolute atomic E-state index is 10.9. The fraction of sp³-hybridized carbons (Fsp3) is 0.368. The van der Waals surface area contributed by atoms with E-state index in [1.54, 1.807) is 18.2 Å². The zero-order valence-electron chi connectivity index (χ0n) is 14.9. The second kappa shape index (κ2) is 7.06. The summed E-state index contributed by atoms with van der Waals surface area (Å²) in [5, 5.41) is 29.9. The Morgan fingerprint density at radius 3 is 2.12 bits per heavy atom. The Labute approximate surface area is 162 Å². The molecule has 138 valence electrons. The summed E-state index contributed by atoms with van der Waals surface area (Å²) < 4.78 is 0. The first-order chi connectivity index (χ1) is 12.3. The van der Waals surface area contributed by atoms with Gasteiger partial charge in [0.15, 0.2) is 0 Å². The van der Waals surface area contributed by atoms with Crippen molar-refractivity contribution >= 4 is 34.2 Å². The molecule has 3 aromatic rings. The molecule has 0 fully saturated rings. The van der Waals surface area contributed by atoms with Crippen LogP contribution in [0.15, 0.2) is 24.3 Å². The molecule has 0 atom stereocenters. The van der Waals surface area contributed by atoms with Gasteiger partial charge in [-0.1, -0.05) is 50.0 Å². The van der Waals surface area contributed by atoms with Crippen molar-refractivity contribution < 1.29 is 10.2 Å². The van der Waals surface area contributed by atoms with Crippen LogP contribution in [-0.2, 0) is 11.8 Å². The minimum absolute atomic E-state index is 0.0237. The molecule has 3 rings (SSSR count). The zero-order chi connectivity index (χ0) is 19.1. The van der Waals surface area contributed by atoms with Gasteiger partial charge in [-0.2, -0.15) is 0 Å². The average molecular weight is 394 g/mol. The number of aromatic hydroxyl groups is 1. The number of rotatable bonds is 5. The first-order valence-electron chi connectivity index (χ1n) is 8.46. The van der Waals surface area contributed by atoms with Crippen LogP contribution in [0.4, 0.5) is 0 Å². The van der Waals surface area contributed by atoms with E-state index in [9.17, 15) is 10.2 Å². The molecule has 0 aliphatic heterocycles. The van der Waals surface area contributed by atoms with E-state index in [4.69, 9.17) is 23.2 Å². The number of aliphatic hydroxyl groups excluding tert-OH is 1. The average Bonchev–Trinajstić information content (AvgIpc) is 2.99. The lowest BCUT2D eigenvalue weighted by molar-refractivity contribution is 0.299. The highest BCUT2D eigenvalue weighted by Crippen LogP contribution is 2.38. The summed E-state index contributed by atoms with van der Waals surface area (Å²) in [6.07, 6.45) is 1.33. The summed E-state index contributed by atoms with van der Waals surface area (Å²) >= 11 is 12.1. The van der Waals surface area contributed by atoms with E-state index in [0.717, 1.165) is 17.5 Å². The molecule has 0 aliphatic carbocycles. The van der Waals surface area contributed by atoms with Gasteiger partial charge in [-0.05, 0) is 42.0 Å². The second-order valence-corrected chi connectivity index (χ2v) is 7.78. The maximum atomic E-state index is 10.9. The van der Waals surface area contributed by atoms with Gasteiger partial charge in [-0.15, -0.1) is 15.0 Å². The molecule has 0 radical (unpaired) electrons. The predicted octanol–water partition coefficient (Wildman–Crippen LogP) is 4.66. The van der Waals surface area contributed by atoms with Crippen LogP contribution >= 0.6 is 23.2 Å². The molecule has 1 heterocycles. The molecular weight excluding hydrogens is 373 g/mol. The third kappa shape index (κ3) is 3.39. The van der Waals surface area contributed by atoms with Gasteiger partial charge in [0.1, 0.15) is 22.5 Å². The highest BCUT2D eigenvalue weighted by molar-refractivity contribution is 6.42. The normalized spacial score (nSPS) is 12.1. The third-order valence-electron chi connectivity index (χ3n) is 4.80. The Bertz CT molecular complexity index is 928. The number of hydrogen-bond donors (Lipinski definition) is 2. The lowest BCUT2D eigenvalue weighted by atomic mass is 9.80. The van der Waals surface area contributed by atoms with E-state index in [-0.39, 0.29) is 17.8 Å². The van der Waals surface area contributed by atoms with Gasteiger partial charge in [-0.3, -0.25) is 0 Å². The second-order valence-electron chi connectivity index (χ2n) is 6.97. The van der Waals surface area contributed by atoms with E-state index in [0.29, 0.717) is 33.2 Å². The van der Waals surface area contributed by atoms with E-state index >= 15 is 0 Å². The standard InChI is InChI=1S/C19H21Cl2N3O2/c1-4-19(2,3)12-7-11(5-6-25)8-17(18(12)26)24-22-15-9-13(20)14(21)10-16(15)23-24/h7-10,25-26H,4-6H2,1-3H3. The SMILES string of the molecule is CCC(C)(C)c1cc(CCO)cc(-n2nc3cc(Cl)c(Cl)cc3n2)c1O. The fourth-order valence-corrected chi connectivity index (χ4v) is 3.15. The number of aromatic nitrogens is 3. The summed E-state index contributed by atoms with van der Waals surface area (Å²) in [4.78, 5) is 1.39. The van der Waals surface area contributed by atoms with Crippen LogP contribution in [0.5, 0.6) is 5.75 Å². The van der Waals surface area contributed by atoms with Crippen LogP contribution in [0.25, 0.3) is 16.7 Å². The van der Waals surface area contributed by atoms with Crippen molar-refractivity contribution in [3.8, 4) is 11.4 Å². The molecule has 0 saturated heterocycles. The monoisotopic (exact) mass is 393 g/mol. The Morgan fingerprint density at radius 1 is 1.04 bits per heavy atom. The number of fused-ring (bicyclic) bond motifs is 1.